The summed E-state index contributed by atoms with van der Waals surface area (Å²) in [5, 5.41) is 15.5. The Morgan fingerprint density at radius 2 is 2.07 bits per heavy atom. The molecule has 1 N–H and O–H groups in total. The van der Waals surface area contributed by atoms with Crippen LogP contribution in [0.2, 0.25) is 0 Å². The molecule has 2 aromatic heterocycles. The normalized spacial score (nSPS) is 21.9. The molecular weight excluding hydrogens is 342 g/mol. The fourth-order valence-corrected chi connectivity index (χ4v) is 4.11. The zero-order valence-electron chi connectivity index (χ0n) is 15.1. The molecule has 138 valence electrons. The number of benzene rings is 1. The van der Waals surface area contributed by atoms with E-state index in [4.69, 9.17) is 0 Å². The summed E-state index contributed by atoms with van der Waals surface area (Å²) in [5.41, 5.74) is 2.75. The lowest BCUT2D eigenvalue weighted by Gasteiger charge is -2.56. The molecule has 0 spiro atoms. The number of nitrogens with one attached hydrogen (secondary N) is 1. The number of carbonyl (C=O) groups excluding carboxylic acids is 1. The molecule has 2 bridgehead atoms. The first-order valence-electron chi connectivity index (χ1n) is 9.20. The molecule has 3 aromatic rings. The Balaban J connectivity index is 1.22. The zero-order valence-corrected chi connectivity index (χ0v) is 15.1. The molecule has 3 aliphatic heterocycles. The van der Waals surface area contributed by atoms with Gasteiger partial charge in [-0.3, -0.25) is 9.69 Å². The highest BCUT2D eigenvalue weighted by Crippen LogP contribution is 2.33. The molecule has 3 fully saturated rings. The Morgan fingerprint density at radius 3 is 2.89 bits per heavy atom. The maximum Gasteiger partial charge on any atom is 0.238 e. The van der Waals surface area contributed by atoms with E-state index in [0.29, 0.717) is 18.6 Å². The van der Waals surface area contributed by atoms with Gasteiger partial charge in [-0.15, -0.1) is 15.3 Å². The van der Waals surface area contributed by atoms with Crippen LogP contribution in [-0.2, 0) is 4.79 Å². The van der Waals surface area contributed by atoms with Crippen molar-refractivity contribution < 1.29 is 4.79 Å². The molecule has 0 saturated carbocycles. The smallest absolute Gasteiger partial charge is 0.238 e. The van der Waals surface area contributed by atoms with Gasteiger partial charge in [0.25, 0.3) is 0 Å². The summed E-state index contributed by atoms with van der Waals surface area (Å²) < 4.78 is 1.70. The lowest BCUT2D eigenvalue weighted by atomic mass is 9.87. The average Bonchev–Trinajstić information content (AvgIpc) is 3.14. The minimum Gasteiger partial charge on any atom is -0.352 e. The van der Waals surface area contributed by atoms with E-state index in [1.54, 1.807) is 10.8 Å². The van der Waals surface area contributed by atoms with Crippen LogP contribution in [0.15, 0.2) is 42.7 Å². The van der Waals surface area contributed by atoms with Crippen LogP contribution in [0.4, 0.5) is 11.5 Å². The molecule has 8 heteroatoms. The van der Waals surface area contributed by atoms with Crippen LogP contribution >= 0.6 is 0 Å². The molecule has 6 rings (SSSR count). The van der Waals surface area contributed by atoms with Crippen molar-refractivity contribution in [3.05, 3.63) is 48.3 Å². The first-order chi connectivity index (χ1) is 13.2. The molecule has 1 aromatic carbocycles. The minimum absolute atomic E-state index is 0.0489. The highest BCUT2D eigenvalue weighted by Gasteiger charge is 2.45. The van der Waals surface area contributed by atoms with E-state index >= 15 is 0 Å². The number of hydrogen-bond acceptors (Lipinski definition) is 6. The van der Waals surface area contributed by atoms with Gasteiger partial charge in [0.15, 0.2) is 5.65 Å². The third-order valence-corrected chi connectivity index (χ3v) is 5.44. The summed E-state index contributed by atoms with van der Waals surface area (Å²) in [6.45, 7) is 4.23. The summed E-state index contributed by atoms with van der Waals surface area (Å²) in [6.07, 6.45) is 2.76. The molecule has 0 aliphatic carbocycles. The van der Waals surface area contributed by atoms with E-state index in [1.165, 1.54) is 0 Å². The van der Waals surface area contributed by atoms with Crippen LogP contribution in [-0.4, -0.2) is 62.3 Å². The molecule has 0 radical (unpaired) electrons. The number of carbonyl (C=O) groups is 1. The van der Waals surface area contributed by atoms with E-state index in [-0.39, 0.29) is 5.91 Å². The lowest BCUT2D eigenvalue weighted by Crippen LogP contribution is -2.69. The highest BCUT2D eigenvalue weighted by molar-refractivity contribution is 5.92. The van der Waals surface area contributed by atoms with Crippen LogP contribution in [0.3, 0.4) is 0 Å². The summed E-state index contributed by atoms with van der Waals surface area (Å²) in [7, 11) is 0. The number of fused-ring (bicyclic) bond motifs is 3. The van der Waals surface area contributed by atoms with Gasteiger partial charge in [-0.25, -0.2) is 0 Å². The van der Waals surface area contributed by atoms with Gasteiger partial charge in [-0.05, 0) is 43.2 Å². The molecule has 2 unspecified atom stereocenters. The molecule has 5 heterocycles. The molecule has 1 amide bonds. The number of anilines is 2. The van der Waals surface area contributed by atoms with Crippen molar-refractivity contribution in [2.45, 2.75) is 25.4 Å². The maximum absolute atomic E-state index is 12.4. The predicted octanol–water partition coefficient (Wildman–Crippen LogP) is 1.33. The summed E-state index contributed by atoms with van der Waals surface area (Å²) in [4.78, 5) is 17.0. The molecular formula is C19H21N7O. The van der Waals surface area contributed by atoms with Crippen molar-refractivity contribution in [2.24, 2.45) is 0 Å². The summed E-state index contributed by atoms with van der Waals surface area (Å²) >= 11 is 0. The van der Waals surface area contributed by atoms with Crippen molar-refractivity contribution in [1.82, 2.24) is 24.7 Å². The third-order valence-electron chi connectivity index (χ3n) is 5.44. The van der Waals surface area contributed by atoms with Gasteiger partial charge in [0.05, 0.1) is 6.54 Å². The number of amides is 1. The van der Waals surface area contributed by atoms with Crippen LogP contribution in [0.1, 0.15) is 12.0 Å². The van der Waals surface area contributed by atoms with Gasteiger partial charge >= 0.3 is 0 Å². The SMILES string of the molecule is Cc1cccc(NC(=O)CN2C3CC2CN(c2ccc4nncn4n2)C3)c1. The van der Waals surface area contributed by atoms with E-state index in [1.807, 2.05) is 43.3 Å². The van der Waals surface area contributed by atoms with Gasteiger partial charge in [0.2, 0.25) is 5.91 Å². The van der Waals surface area contributed by atoms with Crippen molar-refractivity contribution in [2.75, 3.05) is 29.9 Å². The summed E-state index contributed by atoms with van der Waals surface area (Å²) in [5.74, 6) is 0.980. The van der Waals surface area contributed by atoms with Crippen LogP contribution in [0.5, 0.6) is 0 Å². The summed E-state index contributed by atoms with van der Waals surface area (Å²) in [6, 6.07) is 12.6. The maximum atomic E-state index is 12.4. The highest BCUT2D eigenvalue weighted by atomic mass is 16.2. The van der Waals surface area contributed by atoms with Crippen molar-refractivity contribution in [3.8, 4) is 0 Å². The lowest BCUT2D eigenvalue weighted by molar-refractivity contribution is -0.121. The Hall–Kier alpha value is -3.00. The number of hydrogen-bond donors (Lipinski definition) is 1. The Kier molecular flexibility index (Phi) is 3.78. The molecule has 8 nitrogen and oxygen atoms in total. The van der Waals surface area contributed by atoms with E-state index in [9.17, 15) is 4.79 Å². The number of rotatable bonds is 4. The number of piperazine rings is 1. The first kappa shape index (κ1) is 16.2. The van der Waals surface area contributed by atoms with Gasteiger partial charge in [0, 0.05) is 30.9 Å². The van der Waals surface area contributed by atoms with E-state index in [2.05, 4.69) is 30.4 Å². The quantitative estimate of drug-likeness (QED) is 0.754. The fourth-order valence-electron chi connectivity index (χ4n) is 4.11. The topological polar surface area (TPSA) is 78.7 Å². The standard InChI is InChI=1S/C19H21N7O/c1-13-3-2-4-14(7-13)21-19(27)11-25-15-8-16(25)10-24(9-15)18-6-5-17-22-20-12-26(17)23-18/h2-7,12,15-16H,8-11H2,1H3,(H,21,27). The first-order valence-corrected chi connectivity index (χ1v) is 9.20. The van der Waals surface area contributed by atoms with Crippen molar-refractivity contribution >= 4 is 23.1 Å². The largest absolute Gasteiger partial charge is 0.352 e. The van der Waals surface area contributed by atoms with Crippen LogP contribution in [0, 0.1) is 6.92 Å². The monoisotopic (exact) mass is 363 g/mol. The molecule has 3 saturated heterocycles. The van der Waals surface area contributed by atoms with E-state index < -0.39 is 0 Å². The molecule has 2 atom stereocenters. The van der Waals surface area contributed by atoms with Crippen molar-refractivity contribution in [3.63, 3.8) is 0 Å². The second kappa shape index (κ2) is 6.31. The van der Waals surface area contributed by atoms with Gasteiger partial charge < -0.3 is 10.2 Å². The Morgan fingerprint density at radius 1 is 1.22 bits per heavy atom. The minimum atomic E-state index is 0.0489. The van der Waals surface area contributed by atoms with Gasteiger partial charge in [0.1, 0.15) is 12.1 Å². The number of piperidine rings is 1. The fraction of sp³-hybridized carbons (Fsp3) is 0.368. The molecule has 27 heavy (non-hydrogen) atoms. The number of aromatic nitrogens is 4. The zero-order chi connectivity index (χ0) is 18.4. The van der Waals surface area contributed by atoms with Crippen molar-refractivity contribution in [1.29, 1.82) is 0 Å². The number of aryl methyl sites for hydroxylation is 1. The van der Waals surface area contributed by atoms with Crippen LogP contribution < -0.4 is 10.2 Å². The van der Waals surface area contributed by atoms with E-state index in [0.717, 1.165) is 42.2 Å². The molecule has 3 aliphatic rings. The number of nitrogens with zero attached hydrogens (tertiary/aromatic N) is 6. The van der Waals surface area contributed by atoms with Gasteiger partial charge in [-0.2, -0.15) is 4.52 Å². The van der Waals surface area contributed by atoms with Gasteiger partial charge in [-0.1, -0.05) is 12.1 Å². The predicted molar refractivity (Wildman–Crippen MR) is 102 cm³/mol. The average molecular weight is 363 g/mol. The van der Waals surface area contributed by atoms with Crippen LogP contribution in [0.25, 0.3) is 5.65 Å². The Bertz CT molecular complexity index is 988. The third kappa shape index (κ3) is 3.02. The Labute approximate surface area is 156 Å². The second-order valence-corrected chi connectivity index (χ2v) is 7.36. The second-order valence-electron chi connectivity index (χ2n) is 7.36.